The number of hydrogen-bond donors (Lipinski definition) is 3. The highest BCUT2D eigenvalue weighted by atomic mass is 35.5. The maximum absolute atomic E-state index is 12.8. The van der Waals surface area contributed by atoms with E-state index >= 15 is 0 Å². The van der Waals surface area contributed by atoms with Crippen molar-refractivity contribution in [3.05, 3.63) is 70.4 Å². The van der Waals surface area contributed by atoms with Crippen molar-refractivity contribution in [3.8, 4) is 0 Å². The second kappa shape index (κ2) is 7.01. The Kier molecular flexibility index (Phi) is 4.93. The Balaban J connectivity index is 1.84. The number of amides is 1. The summed E-state index contributed by atoms with van der Waals surface area (Å²) in [5.74, 6) is -0.547. The summed E-state index contributed by atoms with van der Waals surface area (Å²) in [6, 6.07) is 10.2. The first kappa shape index (κ1) is 18.3. The Hall–Kier alpha value is -2.51. The van der Waals surface area contributed by atoms with Gasteiger partial charge < -0.3 is 15.4 Å². The predicted octanol–water partition coefficient (Wildman–Crippen LogP) is 4.30. The number of H-pyrrole nitrogens is 1. The van der Waals surface area contributed by atoms with Gasteiger partial charge in [0.25, 0.3) is 5.91 Å². The molecule has 1 atom stereocenters. The molecule has 1 aromatic heterocycles. The van der Waals surface area contributed by atoms with Gasteiger partial charge in [0.05, 0.1) is 18.2 Å². The molecule has 26 heavy (non-hydrogen) atoms. The van der Waals surface area contributed by atoms with Crippen LogP contribution in [0.2, 0.25) is 5.02 Å². The van der Waals surface area contributed by atoms with Gasteiger partial charge in [-0.25, -0.2) is 0 Å². The van der Waals surface area contributed by atoms with Crippen molar-refractivity contribution >= 4 is 28.4 Å². The highest BCUT2D eigenvalue weighted by Gasteiger charge is 2.31. The number of aromatic amines is 1. The fraction of sp³-hybridized carbons (Fsp3) is 0.167. The first-order valence-corrected chi connectivity index (χ1v) is 8.03. The van der Waals surface area contributed by atoms with Gasteiger partial charge in [0.15, 0.2) is 0 Å². The molecule has 0 aliphatic heterocycles. The van der Waals surface area contributed by atoms with E-state index < -0.39 is 30.3 Å². The van der Waals surface area contributed by atoms with Gasteiger partial charge in [-0.05, 0) is 35.9 Å². The zero-order valence-electron chi connectivity index (χ0n) is 13.3. The van der Waals surface area contributed by atoms with Crippen molar-refractivity contribution in [2.24, 2.45) is 0 Å². The third-order valence-corrected chi connectivity index (χ3v) is 4.17. The Morgan fingerprint density at radius 2 is 1.96 bits per heavy atom. The summed E-state index contributed by atoms with van der Waals surface area (Å²) in [4.78, 5) is 15.3. The molecule has 0 aliphatic carbocycles. The highest BCUT2D eigenvalue weighted by molar-refractivity contribution is 6.31. The number of carbonyl (C=O) groups excluding carboxylic acids is 1. The van der Waals surface area contributed by atoms with E-state index in [1.54, 1.807) is 24.3 Å². The summed E-state index contributed by atoms with van der Waals surface area (Å²) in [6.45, 7) is -0.543. The molecule has 2 aromatic carbocycles. The quantitative estimate of drug-likeness (QED) is 0.629. The number of alkyl halides is 3. The molecule has 3 aromatic rings. The number of halogens is 4. The lowest BCUT2D eigenvalue weighted by Crippen LogP contribution is -2.31. The van der Waals surface area contributed by atoms with Crippen LogP contribution in [0, 0.1) is 0 Å². The minimum Gasteiger partial charge on any atom is -0.394 e. The summed E-state index contributed by atoms with van der Waals surface area (Å²) in [6.07, 6.45) is -4.50. The summed E-state index contributed by atoms with van der Waals surface area (Å²) in [5, 5.41) is 13.3. The van der Waals surface area contributed by atoms with Crippen molar-refractivity contribution < 1.29 is 23.1 Å². The van der Waals surface area contributed by atoms with Crippen molar-refractivity contribution in [1.82, 2.24) is 10.3 Å². The molecule has 0 radical (unpaired) electrons. The largest absolute Gasteiger partial charge is 0.416 e. The Labute approximate surface area is 151 Å². The SMILES string of the molecule is O=C(NC(CO)c1cccc(C(F)(F)F)c1)c1cc2ccc(Cl)cc2[nH]1. The van der Waals surface area contributed by atoms with Crippen LogP contribution in [-0.4, -0.2) is 22.6 Å². The molecule has 0 saturated heterocycles. The van der Waals surface area contributed by atoms with Gasteiger partial charge >= 0.3 is 6.18 Å². The van der Waals surface area contributed by atoms with Gasteiger partial charge in [-0.2, -0.15) is 13.2 Å². The first-order chi connectivity index (χ1) is 12.3. The monoisotopic (exact) mass is 382 g/mol. The number of carbonyl (C=O) groups is 1. The number of nitrogens with one attached hydrogen (secondary N) is 2. The van der Waals surface area contributed by atoms with Crippen LogP contribution in [0.25, 0.3) is 10.9 Å². The normalized spacial score (nSPS) is 13.0. The number of rotatable bonds is 4. The molecule has 0 fully saturated rings. The van der Waals surface area contributed by atoms with Crippen LogP contribution in [0.1, 0.15) is 27.7 Å². The molecule has 3 rings (SSSR count). The highest BCUT2D eigenvalue weighted by Crippen LogP contribution is 2.30. The lowest BCUT2D eigenvalue weighted by molar-refractivity contribution is -0.137. The van der Waals surface area contributed by atoms with Crippen LogP contribution in [-0.2, 0) is 6.18 Å². The van der Waals surface area contributed by atoms with Crippen molar-refractivity contribution in [3.63, 3.8) is 0 Å². The van der Waals surface area contributed by atoms with Crippen LogP contribution in [0.15, 0.2) is 48.5 Å². The Bertz CT molecular complexity index is 953. The number of hydrogen-bond acceptors (Lipinski definition) is 2. The number of benzene rings is 2. The summed E-state index contributed by atoms with van der Waals surface area (Å²) in [5.41, 5.74) is 0.188. The van der Waals surface area contributed by atoms with Crippen LogP contribution in [0.5, 0.6) is 0 Å². The maximum Gasteiger partial charge on any atom is 0.416 e. The van der Waals surface area contributed by atoms with Gasteiger partial charge in [-0.1, -0.05) is 29.8 Å². The topological polar surface area (TPSA) is 65.1 Å². The molecule has 4 nitrogen and oxygen atoms in total. The van der Waals surface area contributed by atoms with Crippen molar-refractivity contribution in [2.45, 2.75) is 12.2 Å². The van der Waals surface area contributed by atoms with Crippen LogP contribution < -0.4 is 5.32 Å². The molecule has 8 heteroatoms. The third kappa shape index (κ3) is 3.84. The minimum atomic E-state index is -4.50. The lowest BCUT2D eigenvalue weighted by Gasteiger charge is -2.18. The van der Waals surface area contributed by atoms with E-state index in [0.29, 0.717) is 10.5 Å². The molecular formula is C18H14ClF3N2O2. The van der Waals surface area contributed by atoms with E-state index in [4.69, 9.17) is 11.6 Å². The van der Waals surface area contributed by atoms with Crippen LogP contribution in [0.4, 0.5) is 13.2 Å². The molecule has 0 aliphatic rings. The number of aliphatic hydroxyl groups excluding tert-OH is 1. The molecule has 136 valence electrons. The first-order valence-electron chi connectivity index (χ1n) is 7.65. The molecule has 1 unspecified atom stereocenters. The van der Waals surface area contributed by atoms with E-state index in [9.17, 15) is 23.1 Å². The summed E-state index contributed by atoms with van der Waals surface area (Å²) in [7, 11) is 0. The van der Waals surface area contributed by atoms with Gasteiger partial charge in [-0.3, -0.25) is 4.79 Å². The maximum atomic E-state index is 12.8. The average Bonchev–Trinajstić information content (AvgIpc) is 3.02. The standard InChI is InChI=1S/C18H14ClF3N2O2/c19-13-5-4-11-7-15(23-14(11)8-13)17(26)24-16(9-25)10-2-1-3-12(6-10)18(20,21)22/h1-8,16,23,25H,9H2,(H,24,26). The Morgan fingerprint density at radius 3 is 2.65 bits per heavy atom. The summed E-state index contributed by atoms with van der Waals surface area (Å²) < 4.78 is 38.5. The van der Waals surface area contributed by atoms with Crippen LogP contribution in [0.3, 0.4) is 0 Å². The van der Waals surface area contributed by atoms with E-state index in [2.05, 4.69) is 10.3 Å². The van der Waals surface area contributed by atoms with Gasteiger partial charge in [0.1, 0.15) is 5.69 Å². The van der Waals surface area contributed by atoms with E-state index in [-0.39, 0.29) is 11.3 Å². The molecule has 1 heterocycles. The zero-order chi connectivity index (χ0) is 18.9. The molecular weight excluding hydrogens is 369 g/mol. The van der Waals surface area contributed by atoms with Gasteiger partial charge in [0, 0.05) is 15.9 Å². The fourth-order valence-electron chi connectivity index (χ4n) is 2.62. The third-order valence-electron chi connectivity index (χ3n) is 3.93. The van der Waals surface area contributed by atoms with Gasteiger partial charge in [-0.15, -0.1) is 0 Å². The lowest BCUT2D eigenvalue weighted by atomic mass is 10.0. The molecule has 1 amide bonds. The minimum absolute atomic E-state index is 0.162. The zero-order valence-corrected chi connectivity index (χ0v) is 14.0. The predicted molar refractivity (Wildman–Crippen MR) is 92.0 cm³/mol. The smallest absolute Gasteiger partial charge is 0.394 e. The average molecular weight is 383 g/mol. The molecule has 3 N–H and O–H groups in total. The van der Waals surface area contributed by atoms with E-state index in [1.807, 2.05) is 0 Å². The second-order valence-electron chi connectivity index (χ2n) is 5.75. The van der Waals surface area contributed by atoms with E-state index in [1.165, 1.54) is 12.1 Å². The number of aliphatic hydroxyl groups is 1. The van der Waals surface area contributed by atoms with Gasteiger partial charge in [0.2, 0.25) is 0 Å². The fourth-order valence-corrected chi connectivity index (χ4v) is 2.80. The molecule has 0 bridgehead atoms. The van der Waals surface area contributed by atoms with Crippen molar-refractivity contribution in [2.75, 3.05) is 6.61 Å². The number of fused-ring (bicyclic) bond motifs is 1. The molecule has 0 saturated carbocycles. The van der Waals surface area contributed by atoms with E-state index in [0.717, 1.165) is 17.5 Å². The Morgan fingerprint density at radius 1 is 1.19 bits per heavy atom. The number of aromatic nitrogens is 1. The second-order valence-corrected chi connectivity index (χ2v) is 6.18. The molecule has 0 spiro atoms. The summed E-state index contributed by atoms with van der Waals surface area (Å²) >= 11 is 5.90. The van der Waals surface area contributed by atoms with Crippen LogP contribution >= 0.6 is 11.6 Å². The van der Waals surface area contributed by atoms with Crippen molar-refractivity contribution in [1.29, 1.82) is 0 Å².